The minimum atomic E-state index is -0.811. The molecule has 34 heavy (non-hydrogen) atoms. The van der Waals surface area contributed by atoms with E-state index in [0.717, 1.165) is 4.90 Å². The van der Waals surface area contributed by atoms with Crippen LogP contribution in [0.1, 0.15) is 25.0 Å². The number of aryl methyl sites for hydroxylation is 1. The number of carbonyl (C=O) groups excluding carboxylic acids is 4. The van der Waals surface area contributed by atoms with E-state index in [4.69, 9.17) is 14.2 Å². The fourth-order valence-electron chi connectivity index (χ4n) is 3.27. The molecule has 2 aromatic rings. The quantitative estimate of drug-likeness (QED) is 0.221. The third-order valence-electron chi connectivity index (χ3n) is 4.74. The van der Waals surface area contributed by atoms with Crippen LogP contribution in [0.5, 0.6) is 11.5 Å². The Bertz CT molecular complexity index is 1180. The van der Waals surface area contributed by atoms with Crippen LogP contribution in [-0.2, 0) is 19.1 Å². The summed E-state index contributed by atoms with van der Waals surface area (Å²) in [6.45, 7) is 5.52. The molecule has 2 aromatic carbocycles. The van der Waals surface area contributed by atoms with Gasteiger partial charge in [-0.25, -0.2) is 14.5 Å². The summed E-state index contributed by atoms with van der Waals surface area (Å²) in [5.74, 6) is -1.37. The summed E-state index contributed by atoms with van der Waals surface area (Å²) in [7, 11) is 0. The first-order valence-electron chi connectivity index (χ1n) is 10.5. The van der Waals surface area contributed by atoms with Crippen LogP contribution in [0.4, 0.5) is 10.5 Å². The van der Waals surface area contributed by atoms with Crippen LogP contribution in [0.15, 0.2) is 42.0 Å². The lowest BCUT2D eigenvalue weighted by Crippen LogP contribution is -2.54. The van der Waals surface area contributed by atoms with E-state index in [0.29, 0.717) is 38.5 Å². The van der Waals surface area contributed by atoms with E-state index < -0.39 is 23.8 Å². The summed E-state index contributed by atoms with van der Waals surface area (Å²) in [5, 5.41) is 2.22. The molecule has 178 valence electrons. The SMILES string of the molecule is CCOC(=O)COc1c(I)cc(/C=C2\C(=O)NC(=O)N(c3ccccc3C)C2=O)cc1OCC. The number of barbiturate groups is 1. The van der Waals surface area contributed by atoms with Gasteiger partial charge in [0.25, 0.3) is 11.8 Å². The van der Waals surface area contributed by atoms with Gasteiger partial charge in [0.1, 0.15) is 5.57 Å². The Kier molecular flexibility index (Phi) is 8.26. The number of nitrogens with zero attached hydrogens (tertiary/aromatic N) is 1. The Balaban J connectivity index is 1.97. The zero-order valence-electron chi connectivity index (χ0n) is 18.8. The molecule has 0 aromatic heterocycles. The number of benzene rings is 2. The maximum Gasteiger partial charge on any atom is 0.344 e. The summed E-state index contributed by atoms with van der Waals surface area (Å²) >= 11 is 2.01. The largest absolute Gasteiger partial charge is 0.490 e. The van der Waals surface area contributed by atoms with Crippen LogP contribution in [0.3, 0.4) is 0 Å². The first-order chi connectivity index (χ1) is 16.3. The highest BCUT2D eigenvalue weighted by Crippen LogP contribution is 2.35. The molecule has 1 fully saturated rings. The van der Waals surface area contributed by atoms with Gasteiger partial charge >= 0.3 is 12.0 Å². The van der Waals surface area contributed by atoms with Crippen molar-refractivity contribution in [3.63, 3.8) is 0 Å². The summed E-state index contributed by atoms with van der Waals surface area (Å²) in [5.41, 5.74) is 1.36. The smallest absolute Gasteiger partial charge is 0.344 e. The topological polar surface area (TPSA) is 111 Å². The molecule has 0 bridgehead atoms. The van der Waals surface area contributed by atoms with Crippen molar-refractivity contribution in [2.24, 2.45) is 0 Å². The van der Waals surface area contributed by atoms with Crippen LogP contribution >= 0.6 is 22.6 Å². The van der Waals surface area contributed by atoms with Gasteiger partial charge < -0.3 is 14.2 Å². The lowest BCUT2D eigenvalue weighted by molar-refractivity contribution is -0.145. The van der Waals surface area contributed by atoms with Gasteiger partial charge in [-0.3, -0.25) is 14.9 Å². The third-order valence-corrected chi connectivity index (χ3v) is 5.54. The number of nitrogens with one attached hydrogen (secondary N) is 1. The minimum Gasteiger partial charge on any atom is -0.490 e. The molecule has 9 nitrogen and oxygen atoms in total. The summed E-state index contributed by atoms with van der Waals surface area (Å²) in [6.07, 6.45) is 1.38. The van der Waals surface area contributed by atoms with Crippen LogP contribution in [0, 0.1) is 10.5 Å². The molecule has 4 amide bonds. The number of carbonyl (C=O) groups is 4. The van der Waals surface area contributed by atoms with E-state index in [2.05, 4.69) is 5.32 Å². The summed E-state index contributed by atoms with van der Waals surface area (Å²) < 4.78 is 16.7. The van der Waals surface area contributed by atoms with Gasteiger partial charge in [-0.15, -0.1) is 0 Å². The van der Waals surface area contributed by atoms with Crippen molar-refractivity contribution in [3.8, 4) is 11.5 Å². The molecular formula is C24H23IN2O7. The Morgan fingerprint density at radius 2 is 1.82 bits per heavy atom. The van der Waals surface area contributed by atoms with Gasteiger partial charge in [-0.2, -0.15) is 0 Å². The van der Waals surface area contributed by atoms with Crippen molar-refractivity contribution in [1.29, 1.82) is 0 Å². The minimum absolute atomic E-state index is 0.207. The van der Waals surface area contributed by atoms with Crippen molar-refractivity contribution in [2.45, 2.75) is 20.8 Å². The summed E-state index contributed by atoms with van der Waals surface area (Å²) in [6, 6.07) is 9.34. The zero-order chi connectivity index (χ0) is 24.8. The number of hydrogen-bond donors (Lipinski definition) is 1. The molecule has 0 aliphatic carbocycles. The fraction of sp³-hybridized carbons (Fsp3) is 0.250. The Labute approximate surface area is 210 Å². The first-order valence-corrected chi connectivity index (χ1v) is 11.6. The molecule has 1 N–H and O–H groups in total. The highest BCUT2D eigenvalue weighted by atomic mass is 127. The molecule has 0 spiro atoms. The number of halogens is 1. The maximum atomic E-state index is 13.2. The van der Waals surface area contributed by atoms with E-state index in [1.807, 2.05) is 22.6 Å². The van der Waals surface area contributed by atoms with Gasteiger partial charge in [-0.1, -0.05) is 18.2 Å². The summed E-state index contributed by atoms with van der Waals surface area (Å²) in [4.78, 5) is 50.8. The zero-order valence-corrected chi connectivity index (χ0v) is 21.0. The molecule has 3 rings (SSSR count). The highest BCUT2D eigenvalue weighted by molar-refractivity contribution is 14.1. The molecule has 1 saturated heterocycles. The predicted molar refractivity (Wildman–Crippen MR) is 133 cm³/mol. The highest BCUT2D eigenvalue weighted by Gasteiger charge is 2.37. The second-order valence-electron chi connectivity index (χ2n) is 7.10. The van der Waals surface area contributed by atoms with Crippen LogP contribution < -0.4 is 19.7 Å². The monoisotopic (exact) mass is 578 g/mol. The van der Waals surface area contributed by atoms with E-state index in [-0.39, 0.29) is 18.8 Å². The van der Waals surface area contributed by atoms with Crippen molar-refractivity contribution in [2.75, 3.05) is 24.7 Å². The van der Waals surface area contributed by atoms with Gasteiger partial charge in [0.2, 0.25) is 0 Å². The molecule has 1 heterocycles. The van der Waals surface area contributed by atoms with E-state index >= 15 is 0 Å². The number of amides is 4. The normalized spacial score (nSPS) is 14.8. The van der Waals surface area contributed by atoms with Gasteiger partial charge in [0.15, 0.2) is 18.1 Å². The predicted octanol–water partition coefficient (Wildman–Crippen LogP) is 3.61. The lowest BCUT2D eigenvalue weighted by atomic mass is 10.1. The van der Waals surface area contributed by atoms with E-state index in [1.54, 1.807) is 57.2 Å². The number of rotatable bonds is 8. The van der Waals surface area contributed by atoms with Gasteiger partial charge in [0.05, 0.1) is 22.5 Å². The van der Waals surface area contributed by atoms with E-state index in [9.17, 15) is 19.2 Å². The standard InChI is InChI=1S/C24H23IN2O7/c1-4-32-19-12-15(11-17(25)21(19)34-13-20(28)33-5-2)10-16-22(29)26-24(31)27(23(16)30)18-9-7-6-8-14(18)3/h6-12H,4-5,13H2,1-3H3,(H,26,29,31)/b16-10+. The molecule has 1 aliphatic heterocycles. The number of esters is 1. The number of urea groups is 1. The van der Waals surface area contributed by atoms with Crippen molar-refractivity contribution >= 4 is 58.2 Å². The fourth-order valence-corrected chi connectivity index (χ4v) is 4.05. The van der Waals surface area contributed by atoms with Crippen molar-refractivity contribution in [1.82, 2.24) is 5.32 Å². The number of para-hydroxylation sites is 1. The molecule has 0 atom stereocenters. The average molecular weight is 578 g/mol. The average Bonchev–Trinajstić information content (AvgIpc) is 2.77. The Hall–Kier alpha value is -3.41. The third kappa shape index (κ3) is 5.56. The molecule has 10 heteroatoms. The first kappa shape index (κ1) is 25.2. The lowest BCUT2D eigenvalue weighted by Gasteiger charge is -2.27. The van der Waals surface area contributed by atoms with Crippen LogP contribution in [0.25, 0.3) is 6.08 Å². The van der Waals surface area contributed by atoms with Crippen molar-refractivity contribution < 1.29 is 33.4 Å². The Morgan fingerprint density at radius 3 is 2.50 bits per heavy atom. The molecule has 1 aliphatic rings. The molecule has 0 unspecified atom stereocenters. The molecule has 0 radical (unpaired) electrons. The van der Waals surface area contributed by atoms with E-state index in [1.165, 1.54) is 6.08 Å². The second-order valence-corrected chi connectivity index (χ2v) is 8.26. The molecular weight excluding hydrogens is 555 g/mol. The number of imide groups is 2. The number of anilines is 1. The number of hydrogen-bond acceptors (Lipinski definition) is 7. The van der Waals surface area contributed by atoms with Crippen molar-refractivity contribution in [3.05, 3.63) is 56.7 Å². The van der Waals surface area contributed by atoms with Crippen LogP contribution in [0.2, 0.25) is 0 Å². The Morgan fingerprint density at radius 1 is 1.09 bits per heavy atom. The number of ether oxygens (including phenoxy) is 3. The second kappa shape index (κ2) is 11.1. The van der Waals surface area contributed by atoms with Crippen LogP contribution in [-0.4, -0.2) is 43.6 Å². The maximum absolute atomic E-state index is 13.2. The molecule has 0 saturated carbocycles. The van der Waals surface area contributed by atoms with Gasteiger partial charge in [-0.05, 0) is 78.8 Å². The van der Waals surface area contributed by atoms with Gasteiger partial charge in [0, 0.05) is 0 Å².